The van der Waals surface area contributed by atoms with Gasteiger partial charge in [0.25, 0.3) is 0 Å². The summed E-state index contributed by atoms with van der Waals surface area (Å²) in [6.45, 7) is 6.06. The molecule has 2 amide bonds. The Morgan fingerprint density at radius 3 is 2.33 bits per heavy atom. The molecule has 0 aromatic heterocycles. The van der Waals surface area contributed by atoms with Crippen molar-refractivity contribution in [3.63, 3.8) is 0 Å². The van der Waals surface area contributed by atoms with Crippen LogP contribution in [0.2, 0.25) is 0 Å². The lowest BCUT2D eigenvalue weighted by atomic mass is 10.1. The summed E-state index contributed by atoms with van der Waals surface area (Å²) in [5.74, 6) is -1.19. The Kier molecular flexibility index (Phi) is 9.40. The minimum Gasteiger partial charge on any atom is -0.355 e. The van der Waals surface area contributed by atoms with Gasteiger partial charge in [-0.05, 0) is 50.5 Å². The van der Waals surface area contributed by atoms with Crippen LogP contribution in [0.4, 0.5) is 10.1 Å². The van der Waals surface area contributed by atoms with Crippen LogP contribution < -0.4 is 9.62 Å². The first-order valence-corrected chi connectivity index (χ1v) is 12.7. The minimum atomic E-state index is -3.75. The number of nitrogens with one attached hydrogen (secondary N) is 1. The van der Waals surface area contributed by atoms with Crippen molar-refractivity contribution in [2.45, 2.75) is 46.2 Å². The lowest BCUT2D eigenvalue weighted by Gasteiger charge is -2.30. The van der Waals surface area contributed by atoms with Crippen molar-refractivity contribution in [3.05, 3.63) is 65.5 Å². The number of amides is 2. The molecule has 1 unspecified atom stereocenters. The zero-order valence-corrected chi connectivity index (χ0v) is 20.4. The fraction of sp³-hybridized carbons (Fsp3) is 0.417. The van der Waals surface area contributed by atoms with Gasteiger partial charge in [-0.1, -0.05) is 36.4 Å². The number of halogens is 1. The zero-order chi connectivity index (χ0) is 24.6. The molecule has 0 aliphatic rings. The molecule has 0 radical (unpaired) electrons. The second kappa shape index (κ2) is 11.8. The van der Waals surface area contributed by atoms with Crippen molar-refractivity contribution >= 4 is 27.5 Å². The van der Waals surface area contributed by atoms with Gasteiger partial charge < -0.3 is 10.2 Å². The van der Waals surface area contributed by atoms with Gasteiger partial charge in [-0.2, -0.15) is 0 Å². The van der Waals surface area contributed by atoms with E-state index in [-0.39, 0.29) is 43.4 Å². The summed E-state index contributed by atoms with van der Waals surface area (Å²) in [5.41, 5.74) is 1.87. The molecule has 0 fully saturated rings. The molecule has 2 rings (SSSR count). The van der Waals surface area contributed by atoms with Crippen LogP contribution in [0, 0.1) is 12.7 Å². The highest BCUT2D eigenvalue weighted by molar-refractivity contribution is 7.92. The van der Waals surface area contributed by atoms with E-state index in [2.05, 4.69) is 5.32 Å². The van der Waals surface area contributed by atoms with E-state index in [0.29, 0.717) is 6.54 Å². The lowest BCUT2D eigenvalue weighted by molar-refractivity contribution is -0.140. The Hall–Kier alpha value is -2.94. The van der Waals surface area contributed by atoms with Crippen LogP contribution >= 0.6 is 0 Å². The van der Waals surface area contributed by atoms with E-state index < -0.39 is 21.9 Å². The van der Waals surface area contributed by atoms with Crippen LogP contribution in [-0.4, -0.2) is 50.5 Å². The average molecular weight is 478 g/mol. The normalized spacial score (nSPS) is 12.2. The van der Waals surface area contributed by atoms with E-state index in [1.165, 1.54) is 23.1 Å². The van der Waals surface area contributed by atoms with Gasteiger partial charge in [0.2, 0.25) is 21.8 Å². The number of carbonyl (C=O) groups excluding carboxylic acids is 2. The van der Waals surface area contributed by atoms with Crippen LogP contribution in [0.1, 0.15) is 37.8 Å². The average Bonchev–Trinajstić information content (AvgIpc) is 2.75. The predicted octanol–water partition coefficient (Wildman–Crippen LogP) is 3.23. The molecule has 0 saturated carbocycles. The number of sulfonamides is 1. The largest absolute Gasteiger partial charge is 0.355 e. The number of rotatable bonds is 11. The number of aryl methyl sites for hydroxylation is 1. The quantitative estimate of drug-likeness (QED) is 0.538. The molecule has 2 aromatic carbocycles. The summed E-state index contributed by atoms with van der Waals surface area (Å²) in [6.07, 6.45) is 1.19. The number of nitrogens with zero attached hydrogens (tertiary/aromatic N) is 2. The highest BCUT2D eigenvalue weighted by atomic mass is 32.2. The molecule has 180 valence electrons. The van der Waals surface area contributed by atoms with Gasteiger partial charge in [-0.25, -0.2) is 12.8 Å². The van der Waals surface area contributed by atoms with E-state index in [1.54, 1.807) is 19.9 Å². The van der Waals surface area contributed by atoms with Gasteiger partial charge >= 0.3 is 0 Å². The molecule has 0 heterocycles. The van der Waals surface area contributed by atoms with E-state index in [9.17, 15) is 22.4 Å². The molecule has 2 aromatic rings. The van der Waals surface area contributed by atoms with E-state index in [1.807, 2.05) is 31.2 Å². The van der Waals surface area contributed by atoms with Gasteiger partial charge in [-0.3, -0.25) is 13.9 Å². The first-order chi connectivity index (χ1) is 15.6. The summed E-state index contributed by atoms with van der Waals surface area (Å²) in [4.78, 5) is 27.1. The topological polar surface area (TPSA) is 86.8 Å². The summed E-state index contributed by atoms with van der Waals surface area (Å²) in [6, 6.07) is 12.5. The van der Waals surface area contributed by atoms with Crippen LogP contribution in [0.3, 0.4) is 0 Å². The Balaban J connectivity index is 2.18. The molecule has 1 N–H and O–H groups in total. The van der Waals surface area contributed by atoms with Crippen molar-refractivity contribution < 1.29 is 22.4 Å². The molecule has 0 aliphatic heterocycles. The fourth-order valence-electron chi connectivity index (χ4n) is 3.51. The molecule has 0 bridgehead atoms. The summed E-state index contributed by atoms with van der Waals surface area (Å²) in [7, 11) is -3.75. The van der Waals surface area contributed by atoms with E-state index in [0.717, 1.165) is 21.7 Å². The first kappa shape index (κ1) is 26.3. The third kappa shape index (κ3) is 7.28. The molecule has 0 saturated heterocycles. The SMILES string of the molecule is CCNC(=O)C(C)N(Cc1ccccc1C)C(=O)CCCN(c1ccccc1F)S(C)(=O)=O. The molecule has 0 spiro atoms. The number of likely N-dealkylation sites (N-methyl/N-ethyl adjacent to an activating group) is 1. The lowest BCUT2D eigenvalue weighted by Crippen LogP contribution is -2.47. The number of hydrogen-bond donors (Lipinski definition) is 1. The van der Waals surface area contributed by atoms with Crippen LogP contribution in [0.25, 0.3) is 0 Å². The third-order valence-corrected chi connectivity index (χ3v) is 6.57. The van der Waals surface area contributed by atoms with Gasteiger partial charge in [0.05, 0.1) is 11.9 Å². The summed E-state index contributed by atoms with van der Waals surface area (Å²) < 4.78 is 39.7. The summed E-state index contributed by atoms with van der Waals surface area (Å²) >= 11 is 0. The molecular formula is C24H32FN3O4S. The number of hydrogen-bond acceptors (Lipinski definition) is 4. The van der Waals surface area contributed by atoms with Crippen LogP contribution in [0.5, 0.6) is 0 Å². The van der Waals surface area contributed by atoms with E-state index in [4.69, 9.17) is 0 Å². The molecule has 33 heavy (non-hydrogen) atoms. The first-order valence-electron chi connectivity index (χ1n) is 10.9. The molecular weight excluding hydrogens is 445 g/mol. The maximum Gasteiger partial charge on any atom is 0.242 e. The Morgan fingerprint density at radius 2 is 1.73 bits per heavy atom. The number of anilines is 1. The van der Waals surface area contributed by atoms with Crippen molar-refractivity contribution in [3.8, 4) is 0 Å². The Labute approximate surface area is 195 Å². The monoisotopic (exact) mass is 477 g/mol. The van der Waals surface area contributed by atoms with E-state index >= 15 is 0 Å². The maximum absolute atomic E-state index is 14.2. The minimum absolute atomic E-state index is 0.0100. The van der Waals surface area contributed by atoms with Crippen LogP contribution in [0.15, 0.2) is 48.5 Å². The molecule has 9 heteroatoms. The zero-order valence-electron chi connectivity index (χ0n) is 19.5. The van der Waals surface area contributed by atoms with Gasteiger partial charge in [0.15, 0.2) is 0 Å². The predicted molar refractivity (Wildman–Crippen MR) is 128 cm³/mol. The standard InChI is InChI=1S/C24H32FN3O4S/c1-5-26-24(30)19(3)27(17-20-12-7-6-11-18(20)2)23(29)15-10-16-28(33(4,31)32)22-14-9-8-13-21(22)25/h6-9,11-14,19H,5,10,15-17H2,1-4H3,(H,26,30). The fourth-order valence-corrected chi connectivity index (χ4v) is 4.48. The smallest absolute Gasteiger partial charge is 0.242 e. The third-order valence-electron chi connectivity index (χ3n) is 5.39. The maximum atomic E-state index is 14.2. The molecule has 0 aliphatic carbocycles. The van der Waals surface area contributed by atoms with Gasteiger partial charge in [-0.15, -0.1) is 0 Å². The Morgan fingerprint density at radius 1 is 1.09 bits per heavy atom. The number of benzene rings is 2. The molecule has 7 nitrogen and oxygen atoms in total. The van der Waals surface area contributed by atoms with Gasteiger partial charge in [0, 0.05) is 26.1 Å². The summed E-state index contributed by atoms with van der Waals surface area (Å²) in [5, 5.41) is 2.74. The second-order valence-corrected chi connectivity index (χ2v) is 9.82. The number of carbonyl (C=O) groups is 2. The highest BCUT2D eigenvalue weighted by Crippen LogP contribution is 2.22. The van der Waals surface area contributed by atoms with Gasteiger partial charge in [0.1, 0.15) is 11.9 Å². The molecule has 1 atom stereocenters. The van der Waals surface area contributed by atoms with Crippen molar-refractivity contribution in [2.75, 3.05) is 23.7 Å². The second-order valence-electron chi connectivity index (χ2n) is 7.91. The van der Waals surface area contributed by atoms with Crippen molar-refractivity contribution in [2.24, 2.45) is 0 Å². The van der Waals surface area contributed by atoms with Crippen LogP contribution in [-0.2, 0) is 26.2 Å². The number of para-hydroxylation sites is 1. The van der Waals surface area contributed by atoms with Crippen molar-refractivity contribution in [1.29, 1.82) is 0 Å². The van der Waals surface area contributed by atoms with Crippen molar-refractivity contribution in [1.82, 2.24) is 10.2 Å². The Bertz CT molecular complexity index is 1070. The highest BCUT2D eigenvalue weighted by Gasteiger charge is 2.27.